The van der Waals surface area contributed by atoms with E-state index in [1.165, 1.54) is 79.8 Å². The summed E-state index contributed by atoms with van der Waals surface area (Å²) >= 11 is 1.93. The van der Waals surface area contributed by atoms with Crippen molar-refractivity contribution in [2.75, 3.05) is 26.2 Å². The highest BCUT2D eigenvalue weighted by molar-refractivity contribution is 7.97. The summed E-state index contributed by atoms with van der Waals surface area (Å²) in [6, 6.07) is 9.36. The molecule has 2 fully saturated rings. The highest BCUT2D eigenvalue weighted by atomic mass is 32.2. The van der Waals surface area contributed by atoms with Gasteiger partial charge in [-0.05, 0) is 87.4 Å². The summed E-state index contributed by atoms with van der Waals surface area (Å²) in [4.78, 5) is 16.2. The van der Waals surface area contributed by atoms with Crippen molar-refractivity contribution in [2.45, 2.75) is 82.6 Å². The molecule has 1 aliphatic carbocycles. The van der Waals surface area contributed by atoms with Crippen LogP contribution in [0.2, 0.25) is 0 Å². The fraction of sp³-hybridized carbons (Fsp3) is 0.654. The number of carbonyl (C=O) groups is 1. The van der Waals surface area contributed by atoms with Crippen molar-refractivity contribution < 1.29 is 9.53 Å². The van der Waals surface area contributed by atoms with Gasteiger partial charge in [0.25, 0.3) is 0 Å². The zero-order chi connectivity index (χ0) is 21.6. The van der Waals surface area contributed by atoms with Gasteiger partial charge in [-0.25, -0.2) is 4.31 Å². The first-order valence-corrected chi connectivity index (χ1v) is 13.0. The smallest absolute Gasteiger partial charge is 0.325 e. The summed E-state index contributed by atoms with van der Waals surface area (Å²) < 4.78 is 7.83. The minimum atomic E-state index is -0.0890. The maximum absolute atomic E-state index is 12.4. The Morgan fingerprint density at radius 3 is 2.58 bits per heavy atom. The standard InChI is InChI=1S/C26H38N2O2S/c1-3-30-26(29)19-28-20(2)23(18-24(28)21-11-5-4-6-12-21)17-22-13-7-8-14-25(22)31-27-15-9-10-16-27/h7-8,13-14,21,24H,3-6,9-12,15-19H2,1-2H3. The maximum Gasteiger partial charge on any atom is 0.325 e. The molecule has 2 aliphatic heterocycles. The second-order valence-electron chi connectivity index (χ2n) is 9.30. The third-order valence-corrected chi connectivity index (χ3v) is 8.48. The summed E-state index contributed by atoms with van der Waals surface area (Å²) in [6.45, 7) is 7.36. The first-order chi connectivity index (χ1) is 15.2. The molecule has 1 aromatic rings. The van der Waals surface area contributed by atoms with Crippen LogP contribution in [-0.4, -0.2) is 47.5 Å². The van der Waals surface area contributed by atoms with Crippen LogP contribution in [0.5, 0.6) is 0 Å². The van der Waals surface area contributed by atoms with Crippen molar-refractivity contribution in [3.05, 3.63) is 41.1 Å². The third kappa shape index (κ3) is 5.67. The van der Waals surface area contributed by atoms with E-state index in [9.17, 15) is 4.79 Å². The molecule has 4 rings (SSSR count). The molecule has 5 heteroatoms. The van der Waals surface area contributed by atoms with Crippen molar-refractivity contribution in [3.63, 3.8) is 0 Å². The Morgan fingerprint density at radius 2 is 1.84 bits per heavy atom. The molecule has 3 aliphatic rings. The van der Waals surface area contributed by atoms with E-state index in [4.69, 9.17) is 4.74 Å². The first-order valence-electron chi connectivity index (χ1n) is 12.3. The Kier molecular flexibility index (Phi) is 8.00. The number of allylic oxidation sites excluding steroid dienone is 1. The van der Waals surface area contributed by atoms with Gasteiger partial charge in [0.15, 0.2) is 0 Å². The fourth-order valence-electron chi connectivity index (χ4n) is 5.57. The molecular weight excluding hydrogens is 404 g/mol. The summed E-state index contributed by atoms with van der Waals surface area (Å²) in [7, 11) is 0. The average molecular weight is 443 g/mol. The number of hydrogen-bond acceptors (Lipinski definition) is 5. The molecule has 0 radical (unpaired) electrons. The lowest BCUT2D eigenvalue weighted by Crippen LogP contribution is -2.40. The predicted molar refractivity (Wildman–Crippen MR) is 128 cm³/mol. The number of hydrogen-bond donors (Lipinski definition) is 0. The van der Waals surface area contributed by atoms with Gasteiger partial charge in [-0.1, -0.05) is 37.5 Å². The number of benzene rings is 1. The summed E-state index contributed by atoms with van der Waals surface area (Å²) in [5.41, 5.74) is 4.24. The molecule has 0 N–H and O–H groups in total. The van der Waals surface area contributed by atoms with E-state index in [0.717, 1.165) is 12.8 Å². The minimum absolute atomic E-state index is 0.0890. The van der Waals surface area contributed by atoms with Crippen LogP contribution in [-0.2, 0) is 16.0 Å². The van der Waals surface area contributed by atoms with Gasteiger partial charge in [0, 0.05) is 29.7 Å². The van der Waals surface area contributed by atoms with Gasteiger partial charge >= 0.3 is 5.97 Å². The van der Waals surface area contributed by atoms with E-state index in [0.29, 0.717) is 25.1 Å². The Bertz CT molecular complexity index is 781. The van der Waals surface area contributed by atoms with Gasteiger partial charge in [0.05, 0.1) is 6.61 Å². The summed E-state index contributed by atoms with van der Waals surface area (Å²) in [6.07, 6.45) is 11.3. The SMILES string of the molecule is CCOC(=O)CN1C(C)=C(Cc2ccccc2SN2CCCC2)CC1C1CCCCC1. The van der Waals surface area contributed by atoms with Crippen molar-refractivity contribution in [1.82, 2.24) is 9.21 Å². The van der Waals surface area contributed by atoms with Crippen LogP contribution in [0, 0.1) is 5.92 Å². The summed E-state index contributed by atoms with van der Waals surface area (Å²) in [5.74, 6) is 0.610. The van der Waals surface area contributed by atoms with Crippen LogP contribution in [0.4, 0.5) is 0 Å². The quantitative estimate of drug-likeness (QED) is 0.374. The van der Waals surface area contributed by atoms with Crippen LogP contribution in [0.3, 0.4) is 0 Å². The topological polar surface area (TPSA) is 32.8 Å². The van der Waals surface area contributed by atoms with Crippen molar-refractivity contribution >= 4 is 17.9 Å². The Hall–Kier alpha value is -1.46. The molecule has 170 valence electrons. The molecule has 1 saturated heterocycles. The van der Waals surface area contributed by atoms with E-state index in [1.807, 2.05) is 18.9 Å². The van der Waals surface area contributed by atoms with Gasteiger partial charge < -0.3 is 9.64 Å². The Balaban J connectivity index is 1.52. The zero-order valence-electron chi connectivity index (χ0n) is 19.3. The molecule has 1 aromatic carbocycles. The number of esters is 1. The molecule has 1 unspecified atom stereocenters. The molecule has 1 atom stereocenters. The zero-order valence-corrected chi connectivity index (χ0v) is 20.1. The number of nitrogens with zero attached hydrogens (tertiary/aromatic N) is 2. The van der Waals surface area contributed by atoms with Crippen LogP contribution < -0.4 is 0 Å². The Morgan fingerprint density at radius 1 is 1.10 bits per heavy atom. The van der Waals surface area contributed by atoms with Crippen LogP contribution in [0.15, 0.2) is 40.4 Å². The van der Waals surface area contributed by atoms with Crippen molar-refractivity contribution in [3.8, 4) is 0 Å². The lowest BCUT2D eigenvalue weighted by atomic mass is 9.82. The normalized spacial score (nSPS) is 23.0. The van der Waals surface area contributed by atoms with Crippen molar-refractivity contribution in [1.29, 1.82) is 0 Å². The molecule has 31 heavy (non-hydrogen) atoms. The minimum Gasteiger partial charge on any atom is -0.465 e. The largest absolute Gasteiger partial charge is 0.465 e. The molecule has 0 spiro atoms. The third-order valence-electron chi connectivity index (χ3n) is 7.27. The van der Waals surface area contributed by atoms with Crippen LogP contribution >= 0.6 is 11.9 Å². The van der Waals surface area contributed by atoms with E-state index >= 15 is 0 Å². The van der Waals surface area contributed by atoms with Crippen LogP contribution in [0.1, 0.15) is 70.8 Å². The highest BCUT2D eigenvalue weighted by Crippen LogP contribution is 2.41. The molecule has 4 nitrogen and oxygen atoms in total. The van der Waals surface area contributed by atoms with Crippen LogP contribution in [0.25, 0.3) is 0 Å². The highest BCUT2D eigenvalue weighted by Gasteiger charge is 2.36. The lowest BCUT2D eigenvalue weighted by Gasteiger charge is -2.36. The first kappa shape index (κ1) is 22.7. The second-order valence-corrected chi connectivity index (χ2v) is 10.4. The molecule has 1 saturated carbocycles. The second kappa shape index (κ2) is 10.9. The fourth-order valence-corrected chi connectivity index (χ4v) is 6.69. The lowest BCUT2D eigenvalue weighted by molar-refractivity contribution is -0.144. The van der Waals surface area contributed by atoms with E-state index in [1.54, 1.807) is 0 Å². The molecule has 0 amide bonds. The van der Waals surface area contributed by atoms with Gasteiger partial charge in [0.1, 0.15) is 6.54 Å². The van der Waals surface area contributed by atoms with Gasteiger partial charge in [-0.3, -0.25) is 4.79 Å². The molecule has 2 heterocycles. The van der Waals surface area contributed by atoms with Crippen molar-refractivity contribution in [2.24, 2.45) is 5.92 Å². The number of carbonyl (C=O) groups excluding carboxylic acids is 1. The van der Waals surface area contributed by atoms with Gasteiger partial charge in [0.2, 0.25) is 0 Å². The molecular formula is C26H38N2O2S. The number of rotatable bonds is 8. The Labute approximate surface area is 192 Å². The number of ether oxygens (including phenoxy) is 1. The summed E-state index contributed by atoms with van der Waals surface area (Å²) in [5, 5.41) is 0. The monoisotopic (exact) mass is 442 g/mol. The molecule has 0 bridgehead atoms. The van der Waals surface area contributed by atoms with Gasteiger partial charge in [-0.2, -0.15) is 0 Å². The maximum atomic E-state index is 12.4. The molecule has 0 aromatic heterocycles. The average Bonchev–Trinajstić information content (AvgIpc) is 3.40. The predicted octanol–water partition coefficient (Wildman–Crippen LogP) is 5.82. The van der Waals surface area contributed by atoms with E-state index < -0.39 is 0 Å². The van der Waals surface area contributed by atoms with E-state index in [-0.39, 0.29) is 5.97 Å². The van der Waals surface area contributed by atoms with Gasteiger partial charge in [-0.15, -0.1) is 0 Å². The van der Waals surface area contributed by atoms with E-state index in [2.05, 4.69) is 40.4 Å².